The molecular weight excluding hydrogens is 232 g/mol. The lowest BCUT2D eigenvalue weighted by molar-refractivity contribution is 0.210. The van der Waals surface area contributed by atoms with Crippen LogP contribution in [0.1, 0.15) is 6.42 Å². The maximum atomic E-state index is 9.14. The zero-order valence-electron chi connectivity index (χ0n) is 10.7. The highest BCUT2D eigenvalue weighted by molar-refractivity contribution is 5.49. The standard InChI is InChI=1S/C12H20N4O2/c1-18-5-3-13-11-6-12(15-9-14-11)16-4-2-10(7-16)8-17/h6,9-10,17H,2-5,7-8H2,1H3,(H,13,14,15). The fraction of sp³-hybridized carbons (Fsp3) is 0.667. The van der Waals surface area contributed by atoms with Gasteiger partial charge in [0.05, 0.1) is 6.61 Å². The van der Waals surface area contributed by atoms with Crippen LogP contribution in [0.4, 0.5) is 11.6 Å². The number of methoxy groups -OCH3 is 1. The summed E-state index contributed by atoms with van der Waals surface area (Å²) in [5.74, 6) is 2.09. The van der Waals surface area contributed by atoms with Crippen molar-refractivity contribution in [2.45, 2.75) is 6.42 Å². The monoisotopic (exact) mass is 252 g/mol. The van der Waals surface area contributed by atoms with Crippen molar-refractivity contribution in [3.63, 3.8) is 0 Å². The second kappa shape index (κ2) is 6.51. The lowest BCUT2D eigenvalue weighted by atomic mass is 10.1. The first-order chi connectivity index (χ1) is 8.83. The molecule has 100 valence electrons. The first-order valence-electron chi connectivity index (χ1n) is 6.24. The van der Waals surface area contributed by atoms with Crippen molar-refractivity contribution in [2.24, 2.45) is 5.92 Å². The largest absolute Gasteiger partial charge is 0.396 e. The van der Waals surface area contributed by atoms with Crippen LogP contribution in [0.25, 0.3) is 0 Å². The van der Waals surface area contributed by atoms with Crippen molar-refractivity contribution >= 4 is 11.6 Å². The summed E-state index contributed by atoms with van der Waals surface area (Å²) in [4.78, 5) is 10.6. The third kappa shape index (κ3) is 3.30. The Labute approximate surface area is 107 Å². The highest BCUT2D eigenvalue weighted by Gasteiger charge is 2.22. The van der Waals surface area contributed by atoms with E-state index in [-0.39, 0.29) is 6.61 Å². The first kappa shape index (κ1) is 13.0. The van der Waals surface area contributed by atoms with Crippen molar-refractivity contribution < 1.29 is 9.84 Å². The third-order valence-corrected chi connectivity index (χ3v) is 3.13. The van der Waals surface area contributed by atoms with Gasteiger partial charge in [-0.15, -0.1) is 0 Å². The van der Waals surface area contributed by atoms with Gasteiger partial charge in [0.15, 0.2) is 0 Å². The summed E-state index contributed by atoms with van der Waals surface area (Å²) in [6, 6.07) is 1.94. The number of ether oxygens (including phenoxy) is 1. The van der Waals surface area contributed by atoms with Crippen molar-refractivity contribution in [1.29, 1.82) is 0 Å². The molecule has 6 heteroatoms. The quantitative estimate of drug-likeness (QED) is 0.712. The van der Waals surface area contributed by atoms with Gasteiger partial charge in [0.25, 0.3) is 0 Å². The second-order valence-corrected chi connectivity index (χ2v) is 4.46. The van der Waals surface area contributed by atoms with Crippen LogP contribution in [-0.2, 0) is 4.74 Å². The van der Waals surface area contributed by atoms with E-state index >= 15 is 0 Å². The molecule has 1 aromatic rings. The predicted octanol–water partition coefficient (Wildman–Crippen LogP) is 0.353. The van der Waals surface area contributed by atoms with Gasteiger partial charge in [0, 0.05) is 45.3 Å². The normalized spacial score (nSPS) is 19.2. The van der Waals surface area contributed by atoms with Crippen LogP contribution in [0.15, 0.2) is 12.4 Å². The molecule has 6 nitrogen and oxygen atoms in total. The molecule has 1 fully saturated rings. The molecule has 0 bridgehead atoms. The van der Waals surface area contributed by atoms with Crippen LogP contribution in [-0.4, -0.2) is 55.0 Å². The number of aliphatic hydroxyl groups excluding tert-OH is 1. The molecule has 0 amide bonds. The number of rotatable bonds is 6. The molecule has 1 aromatic heterocycles. The summed E-state index contributed by atoms with van der Waals surface area (Å²) in [7, 11) is 1.67. The Morgan fingerprint density at radius 2 is 2.44 bits per heavy atom. The maximum absolute atomic E-state index is 9.14. The molecule has 2 rings (SSSR count). The van der Waals surface area contributed by atoms with Crippen molar-refractivity contribution in [3.8, 4) is 0 Å². The van der Waals surface area contributed by atoms with Crippen molar-refractivity contribution in [1.82, 2.24) is 9.97 Å². The van der Waals surface area contributed by atoms with Gasteiger partial charge < -0.3 is 20.1 Å². The van der Waals surface area contributed by atoms with E-state index in [0.717, 1.165) is 37.7 Å². The SMILES string of the molecule is COCCNc1cc(N2CCC(CO)C2)ncn1. The van der Waals surface area contributed by atoms with E-state index in [1.165, 1.54) is 0 Å². The van der Waals surface area contributed by atoms with Crippen molar-refractivity contribution in [3.05, 3.63) is 12.4 Å². The lowest BCUT2D eigenvalue weighted by Gasteiger charge is -2.17. The van der Waals surface area contributed by atoms with E-state index in [1.54, 1.807) is 13.4 Å². The van der Waals surface area contributed by atoms with Crippen molar-refractivity contribution in [2.75, 3.05) is 50.2 Å². The van der Waals surface area contributed by atoms with Gasteiger partial charge in [0.2, 0.25) is 0 Å². The topological polar surface area (TPSA) is 70.5 Å². The van der Waals surface area contributed by atoms with E-state index in [1.807, 2.05) is 6.07 Å². The Balaban J connectivity index is 1.94. The van der Waals surface area contributed by atoms with Gasteiger partial charge in [-0.05, 0) is 6.42 Å². The molecule has 0 aliphatic carbocycles. The third-order valence-electron chi connectivity index (χ3n) is 3.13. The van der Waals surface area contributed by atoms with Crippen LogP contribution < -0.4 is 10.2 Å². The molecule has 1 aliphatic rings. The predicted molar refractivity (Wildman–Crippen MR) is 69.8 cm³/mol. The summed E-state index contributed by atoms with van der Waals surface area (Å²) in [6.07, 6.45) is 2.59. The molecule has 0 aromatic carbocycles. The van der Waals surface area contributed by atoms with E-state index in [9.17, 15) is 0 Å². The number of hydrogen-bond donors (Lipinski definition) is 2. The Morgan fingerprint density at radius 3 is 3.17 bits per heavy atom. The molecule has 2 heterocycles. The molecule has 0 radical (unpaired) electrons. The zero-order chi connectivity index (χ0) is 12.8. The van der Waals surface area contributed by atoms with Crippen LogP contribution in [0, 0.1) is 5.92 Å². The van der Waals surface area contributed by atoms with Gasteiger partial charge in [-0.1, -0.05) is 0 Å². The molecule has 0 saturated carbocycles. The molecule has 0 spiro atoms. The molecule has 1 atom stereocenters. The average Bonchev–Trinajstić information content (AvgIpc) is 2.88. The number of anilines is 2. The van der Waals surface area contributed by atoms with Gasteiger partial charge in [0.1, 0.15) is 18.0 Å². The summed E-state index contributed by atoms with van der Waals surface area (Å²) in [6.45, 7) is 3.44. The highest BCUT2D eigenvalue weighted by atomic mass is 16.5. The summed E-state index contributed by atoms with van der Waals surface area (Å²) >= 11 is 0. The van der Waals surface area contributed by atoms with E-state index < -0.39 is 0 Å². The average molecular weight is 252 g/mol. The zero-order valence-corrected chi connectivity index (χ0v) is 10.7. The number of nitrogens with one attached hydrogen (secondary N) is 1. The first-order valence-corrected chi connectivity index (χ1v) is 6.24. The van der Waals surface area contributed by atoms with Crippen LogP contribution in [0.3, 0.4) is 0 Å². The minimum atomic E-state index is 0.251. The minimum Gasteiger partial charge on any atom is -0.396 e. The Morgan fingerprint density at radius 1 is 1.56 bits per heavy atom. The summed E-state index contributed by atoms with van der Waals surface area (Å²) < 4.78 is 4.98. The van der Waals surface area contributed by atoms with Gasteiger partial charge in [-0.25, -0.2) is 9.97 Å². The molecule has 1 unspecified atom stereocenters. The molecule has 18 heavy (non-hydrogen) atoms. The lowest BCUT2D eigenvalue weighted by Crippen LogP contribution is -2.22. The second-order valence-electron chi connectivity index (χ2n) is 4.46. The number of aliphatic hydroxyl groups is 1. The van der Waals surface area contributed by atoms with E-state index in [2.05, 4.69) is 20.2 Å². The van der Waals surface area contributed by atoms with Gasteiger partial charge in [-0.3, -0.25) is 0 Å². The molecule has 2 N–H and O–H groups in total. The van der Waals surface area contributed by atoms with Crippen LogP contribution in [0.2, 0.25) is 0 Å². The fourth-order valence-electron chi connectivity index (χ4n) is 2.09. The molecular formula is C12H20N4O2. The minimum absolute atomic E-state index is 0.251. The number of aromatic nitrogens is 2. The molecule has 1 aliphatic heterocycles. The Bertz CT molecular complexity index is 375. The smallest absolute Gasteiger partial charge is 0.134 e. The van der Waals surface area contributed by atoms with Crippen LogP contribution in [0.5, 0.6) is 0 Å². The Hall–Kier alpha value is -1.40. The van der Waals surface area contributed by atoms with Gasteiger partial charge in [-0.2, -0.15) is 0 Å². The van der Waals surface area contributed by atoms with Crippen LogP contribution >= 0.6 is 0 Å². The molecule has 1 saturated heterocycles. The van der Waals surface area contributed by atoms with E-state index in [4.69, 9.17) is 9.84 Å². The summed E-state index contributed by atoms with van der Waals surface area (Å²) in [5.41, 5.74) is 0. The van der Waals surface area contributed by atoms with Gasteiger partial charge >= 0.3 is 0 Å². The number of nitrogens with zero attached hydrogens (tertiary/aromatic N) is 3. The fourth-order valence-corrected chi connectivity index (χ4v) is 2.09. The number of hydrogen-bond acceptors (Lipinski definition) is 6. The van der Waals surface area contributed by atoms with E-state index in [0.29, 0.717) is 12.5 Å². The summed E-state index contributed by atoms with van der Waals surface area (Å²) in [5, 5.41) is 12.3. The Kier molecular flexibility index (Phi) is 4.72. The highest BCUT2D eigenvalue weighted by Crippen LogP contribution is 2.22. The maximum Gasteiger partial charge on any atom is 0.134 e.